The van der Waals surface area contributed by atoms with E-state index in [1.165, 1.54) is 17.8 Å². The lowest BCUT2D eigenvalue weighted by Gasteiger charge is -2.06. The van der Waals surface area contributed by atoms with E-state index in [0.717, 1.165) is 5.03 Å². The van der Waals surface area contributed by atoms with E-state index in [0.29, 0.717) is 47.1 Å². The van der Waals surface area contributed by atoms with Crippen molar-refractivity contribution in [2.75, 3.05) is 13.7 Å². The number of halogens is 1. The average Bonchev–Trinajstić information content (AvgIpc) is 3.21. The van der Waals surface area contributed by atoms with Gasteiger partial charge in [-0.15, -0.1) is 10.2 Å². The highest BCUT2D eigenvalue weighted by Crippen LogP contribution is 2.22. The molecule has 0 saturated heterocycles. The highest BCUT2D eigenvalue weighted by Gasteiger charge is 2.11. The van der Waals surface area contributed by atoms with E-state index in [1.807, 2.05) is 18.2 Å². The third-order valence-electron chi connectivity index (χ3n) is 4.62. The Bertz CT molecular complexity index is 1200. The number of fused-ring (bicyclic) bond motifs is 1. The zero-order valence-corrected chi connectivity index (χ0v) is 17.6. The van der Waals surface area contributed by atoms with Crippen LogP contribution in [0.3, 0.4) is 0 Å². The van der Waals surface area contributed by atoms with Gasteiger partial charge in [0.2, 0.25) is 0 Å². The monoisotopic (exact) mass is 437 g/mol. The van der Waals surface area contributed by atoms with Crippen LogP contribution in [0.4, 0.5) is 4.39 Å². The van der Waals surface area contributed by atoms with Crippen LogP contribution >= 0.6 is 11.8 Å². The molecule has 0 bridgehead atoms. The molecule has 2 aromatic heterocycles. The molecular weight excluding hydrogens is 417 g/mol. The number of aromatic nitrogens is 4. The summed E-state index contributed by atoms with van der Waals surface area (Å²) in [6.07, 6.45) is 0.470. The number of benzene rings is 2. The number of carbonyl (C=O) groups excluding carboxylic acids is 1. The molecule has 7 nitrogen and oxygen atoms in total. The smallest absolute Gasteiger partial charge is 0.251 e. The van der Waals surface area contributed by atoms with Crippen LogP contribution in [-0.2, 0) is 12.2 Å². The summed E-state index contributed by atoms with van der Waals surface area (Å²) in [6, 6.07) is 17.3. The van der Waals surface area contributed by atoms with Crippen molar-refractivity contribution >= 4 is 23.3 Å². The number of hydrogen-bond donors (Lipinski definition) is 1. The molecule has 1 N–H and O–H groups in total. The number of hydrogen-bond acceptors (Lipinski definition) is 6. The molecule has 158 valence electrons. The highest BCUT2D eigenvalue weighted by atomic mass is 32.2. The molecule has 0 aliphatic heterocycles. The Balaban J connectivity index is 1.38. The van der Waals surface area contributed by atoms with E-state index in [4.69, 9.17) is 4.74 Å². The van der Waals surface area contributed by atoms with E-state index in [-0.39, 0.29) is 11.7 Å². The summed E-state index contributed by atoms with van der Waals surface area (Å²) >= 11 is 1.44. The first-order valence-corrected chi connectivity index (χ1v) is 10.6. The minimum absolute atomic E-state index is 0.175. The molecule has 0 unspecified atom stereocenters. The summed E-state index contributed by atoms with van der Waals surface area (Å²) in [5.74, 6) is 1.40. The second-order valence-electron chi connectivity index (χ2n) is 6.67. The first kappa shape index (κ1) is 20.8. The molecular formula is C22H20FN5O2S. The normalized spacial score (nSPS) is 10.9. The molecule has 0 fully saturated rings. The molecule has 0 radical (unpaired) electrons. The van der Waals surface area contributed by atoms with Crippen molar-refractivity contribution < 1.29 is 13.9 Å². The fourth-order valence-electron chi connectivity index (χ4n) is 2.95. The fourth-order valence-corrected chi connectivity index (χ4v) is 3.79. The van der Waals surface area contributed by atoms with Crippen LogP contribution < -0.4 is 10.1 Å². The second kappa shape index (κ2) is 9.57. The molecule has 1 amide bonds. The molecule has 9 heteroatoms. The number of rotatable bonds is 8. The van der Waals surface area contributed by atoms with Crippen molar-refractivity contribution in [2.45, 2.75) is 17.2 Å². The van der Waals surface area contributed by atoms with Gasteiger partial charge in [-0.05, 0) is 48.0 Å². The van der Waals surface area contributed by atoms with Crippen molar-refractivity contribution in [3.8, 4) is 5.75 Å². The lowest BCUT2D eigenvalue weighted by Crippen LogP contribution is -2.26. The van der Waals surface area contributed by atoms with E-state index in [1.54, 1.807) is 48.0 Å². The molecule has 31 heavy (non-hydrogen) atoms. The Hall–Kier alpha value is -3.46. The average molecular weight is 438 g/mol. The predicted molar refractivity (Wildman–Crippen MR) is 116 cm³/mol. The lowest BCUT2D eigenvalue weighted by molar-refractivity contribution is 0.0954. The first-order chi connectivity index (χ1) is 15.1. The van der Waals surface area contributed by atoms with Crippen molar-refractivity contribution in [1.82, 2.24) is 25.1 Å². The molecule has 0 spiro atoms. The predicted octanol–water partition coefficient (Wildman–Crippen LogP) is 3.54. The van der Waals surface area contributed by atoms with Crippen LogP contribution in [0, 0.1) is 5.82 Å². The highest BCUT2D eigenvalue weighted by molar-refractivity contribution is 7.98. The topological polar surface area (TPSA) is 81.4 Å². The fraction of sp³-hybridized carbons (Fsp3) is 0.182. The van der Waals surface area contributed by atoms with Crippen molar-refractivity contribution in [3.05, 3.63) is 83.4 Å². The number of carbonyl (C=O) groups is 1. The number of nitrogens with one attached hydrogen (secondary N) is 1. The Morgan fingerprint density at radius 3 is 2.68 bits per heavy atom. The van der Waals surface area contributed by atoms with Gasteiger partial charge in [-0.1, -0.05) is 30.0 Å². The third-order valence-corrected chi connectivity index (χ3v) is 5.59. The van der Waals surface area contributed by atoms with E-state index in [9.17, 15) is 9.18 Å². The summed E-state index contributed by atoms with van der Waals surface area (Å²) in [4.78, 5) is 12.3. The van der Waals surface area contributed by atoms with E-state index in [2.05, 4.69) is 20.6 Å². The summed E-state index contributed by atoms with van der Waals surface area (Å²) in [5.41, 5.74) is 1.79. The SMILES string of the molecule is COc1ccc(C(=O)NCCc2nnc3ccc(SCc4ccccc4F)nn23)cc1. The number of methoxy groups -OCH3 is 1. The first-order valence-electron chi connectivity index (χ1n) is 9.64. The molecule has 2 aromatic carbocycles. The molecule has 4 aromatic rings. The maximum absolute atomic E-state index is 13.8. The minimum atomic E-state index is -0.228. The molecule has 4 rings (SSSR count). The number of amides is 1. The van der Waals surface area contributed by atoms with Gasteiger partial charge < -0.3 is 10.1 Å². The maximum Gasteiger partial charge on any atom is 0.251 e. The standard InChI is InChI=1S/C22H20FN5O2S/c1-30-17-8-6-15(7-9-17)22(29)24-13-12-20-26-25-19-10-11-21(27-28(19)20)31-14-16-4-2-3-5-18(16)23/h2-11H,12-14H2,1H3,(H,24,29). The summed E-state index contributed by atoms with van der Waals surface area (Å²) in [7, 11) is 1.58. The Morgan fingerprint density at radius 1 is 1.10 bits per heavy atom. The van der Waals surface area contributed by atoms with Crippen LogP contribution in [0.2, 0.25) is 0 Å². The Morgan fingerprint density at radius 2 is 1.90 bits per heavy atom. The van der Waals surface area contributed by atoms with Gasteiger partial charge in [0.15, 0.2) is 11.5 Å². The summed E-state index contributed by atoms with van der Waals surface area (Å²) in [5, 5.41) is 16.5. The Kier molecular flexibility index (Phi) is 6.42. The van der Waals surface area contributed by atoms with Gasteiger partial charge in [0.25, 0.3) is 5.91 Å². The Labute approximate surface area is 182 Å². The largest absolute Gasteiger partial charge is 0.497 e. The van der Waals surface area contributed by atoms with Gasteiger partial charge in [-0.25, -0.2) is 4.39 Å². The molecule has 0 aliphatic rings. The van der Waals surface area contributed by atoms with Gasteiger partial charge >= 0.3 is 0 Å². The van der Waals surface area contributed by atoms with Crippen molar-refractivity contribution in [1.29, 1.82) is 0 Å². The van der Waals surface area contributed by atoms with Gasteiger partial charge in [0.05, 0.1) is 7.11 Å². The van der Waals surface area contributed by atoms with Crippen LogP contribution in [0.1, 0.15) is 21.7 Å². The van der Waals surface area contributed by atoms with Crippen LogP contribution in [-0.4, -0.2) is 39.4 Å². The quantitative estimate of drug-likeness (QED) is 0.425. The third kappa shape index (κ3) is 5.00. The van der Waals surface area contributed by atoms with Crippen LogP contribution in [0.25, 0.3) is 5.65 Å². The maximum atomic E-state index is 13.8. The number of nitrogens with zero attached hydrogens (tertiary/aromatic N) is 4. The van der Waals surface area contributed by atoms with Crippen LogP contribution in [0.15, 0.2) is 65.7 Å². The van der Waals surface area contributed by atoms with Gasteiger partial charge in [0.1, 0.15) is 16.6 Å². The van der Waals surface area contributed by atoms with Crippen LogP contribution in [0.5, 0.6) is 5.75 Å². The second-order valence-corrected chi connectivity index (χ2v) is 7.67. The zero-order chi connectivity index (χ0) is 21.6. The van der Waals surface area contributed by atoms with Crippen molar-refractivity contribution in [2.24, 2.45) is 0 Å². The molecule has 0 saturated carbocycles. The molecule has 0 aliphatic carbocycles. The number of thioether (sulfide) groups is 1. The van der Waals surface area contributed by atoms with Gasteiger partial charge in [0, 0.05) is 24.3 Å². The molecule has 2 heterocycles. The van der Waals surface area contributed by atoms with Crippen molar-refractivity contribution in [3.63, 3.8) is 0 Å². The number of ether oxygens (including phenoxy) is 1. The molecule has 0 atom stereocenters. The lowest BCUT2D eigenvalue weighted by atomic mass is 10.2. The zero-order valence-electron chi connectivity index (χ0n) is 16.8. The summed E-state index contributed by atoms with van der Waals surface area (Å²) < 4.78 is 20.6. The van der Waals surface area contributed by atoms with Gasteiger partial charge in [-0.2, -0.15) is 9.61 Å². The minimum Gasteiger partial charge on any atom is -0.497 e. The summed E-state index contributed by atoms with van der Waals surface area (Å²) in [6.45, 7) is 0.389. The van der Waals surface area contributed by atoms with Gasteiger partial charge in [-0.3, -0.25) is 4.79 Å². The van der Waals surface area contributed by atoms with E-state index >= 15 is 0 Å². The van der Waals surface area contributed by atoms with E-state index < -0.39 is 0 Å².